The molecule has 4 rings (SSSR count). The highest BCUT2D eigenvalue weighted by Crippen LogP contribution is 2.41. The molecule has 2 atom stereocenters. The number of carbonyl (C=O) groups is 2. The van der Waals surface area contributed by atoms with Crippen molar-refractivity contribution >= 4 is 33.4 Å². The predicted molar refractivity (Wildman–Crippen MR) is 110 cm³/mol. The van der Waals surface area contributed by atoms with E-state index in [1.165, 1.54) is 0 Å². The van der Waals surface area contributed by atoms with Crippen LogP contribution in [0.4, 0.5) is 0 Å². The number of amides is 1. The maximum Gasteiger partial charge on any atom is 0.310 e. The number of hydrogen-bond acceptors (Lipinski definition) is 5. The van der Waals surface area contributed by atoms with Crippen molar-refractivity contribution < 1.29 is 14.3 Å². The van der Waals surface area contributed by atoms with Crippen LogP contribution in [0.3, 0.4) is 0 Å². The van der Waals surface area contributed by atoms with E-state index in [-0.39, 0.29) is 30.3 Å². The Balaban J connectivity index is 1.39. The van der Waals surface area contributed by atoms with Crippen LogP contribution in [0, 0.1) is 11.8 Å². The molecule has 150 valence electrons. The van der Waals surface area contributed by atoms with Crippen LogP contribution < -0.4 is 0 Å². The molecule has 6 heteroatoms. The van der Waals surface area contributed by atoms with Crippen molar-refractivity contribution in [2.45, 2.75) is 51.4 Å². The summed E-state index contributed by atoms with van der Waals surface area (Å²) < 4.78 is 6.65. The highest BCUT2D eigenvalue weighted by atomic mass is 32.1. The fourth-order valence-electron chi connectivity index (χ4n) is 4.35. The fourth-order valence-corrected chi connectivity index (χ4v) is 5.51. The first-order valence-corrected chi connectivity index (χ1v) is 11.2. The van der Waals surface area contributed by atoms with Crippen molar-refractivity contribution in [2.24, 2.45) is 11.8 Å². The molecule has 5 nitrogen and oxygen atoms in total. The first-order valence-electron chi connectivity index (χ1n) is 10.4. The molecule has 0 N–H and O–H groups in total. The van der Waals surface area contributed by atoms with Gasteiger partial charge in [0.25, 0.3) is 5.91 Å². The lowest BCUT2D eigenvalue weighted by molar-refractivity contribution is -0.157. The number of rotatable bonds is 4. The summed E-state index contributed by atoms with van der Waals surface area (Å²) in [4.78, 5) is 31.8. The van der Waals surface area contributed by atoms with E-state index in [9.17, 15) is 9.59 Å². The summed E-state index contributed by atoms with van der Waals surface area (Å²) in [6, 6.07) is 8.10. The molecule has 2 heterocycles. The van der Waals surface area contributed by atoms with Crippen LogP contribution in [0.5, 0.6) is 0 Å². The third-order valence-electron chi connectivity index (χ3n) is 6.17. The van der Waals surface area contributed by atoms with Gasteiger partial charge < -0.3 is 9.64 Å². The molecule has 2 fully saturated rings. The van der Waals surface area contributed by atoms with Crippen LogP contribution in [0.15, 0.2) is 24.3 Å². The first-order chi connectivity index (χ1) is 13.6. The molecule has 1 aromatic heterocycles. The molecule has 28 heavy (non-hydrogen) atoms. The number of hydrogen-bond donors (Lipinski definition) is 0. The lowest BCUT2D eigenvalue weighted by atomic mass is 9.79. The van der Waals surface area contributed by atoms with E-state index in [1.54, 1.807) is 11.3 Å². The molecule has 1 saturated heterocycles. The third-order valence-corrected chi connectivity index (χ3v) is 7.34. The smallest absolute Gasteiger partial charge is 0.310 e. The third kappa shape index (κ3) is 4.22. The summed E-state index contributed by atoms with van der Waals surface area (Å²) in [5, 5.41) is 1.03. The van der Waals surface area contributed by atoms with E-state index >= 15 is 0 Å². The molecular weight excluding hydrogens is 372 g/mol. The van der Waals surface area contributed by atoms with Crippen LogP contribution in [0.1, 0.15) is 56.4 Å². The highest BCUT2D eigenvalue weighted by molar-refractivity contribution is 7.18. The van der Waals surface area contributed by atoms with E-state index in [2.05, 4.69) is 13.0 Å². The molecule has 0 spiro atoms. The summed E-state index contributed by atoms with van der Waals surface area (Å²) in [5.74, 6) is 0.284. The zero-order valence-electron chi connectivity index (χ0n) is 16.4. The maximum atomic E-state index is 12.8. The van der Waals surface area contributed by atoms with E-state index in [4.69, 9.17) is 9.72 Å². The summed E-state index contributed by atoms with van der Waals surface area (Å²) in [5.41, 5.74) is 0.995. The molecule has 2 unspecified atom stereocenters. The topological polar surface area (TPSA) is 59.5 Å². The SMILES string of the molecule is CC1CCN(C(=O)COC(=O)C2CCCCC2c2nc3ccccc3s2)CC1. The number of para-hydroxylation sites is 1. The number of piperidine rings is 1. The molecule has 0 bridgehead atoms. The molecule has 1 aliphatic carbocycles. The molecule has 1 aromatic carbocycles. The van der Waals surface area contributed by atoms with Crippen LogP contribution in [0.2, 0.25) is 0 Å². The Morgan fingerprint density at radius 1 is 1.14 bits per heavy atom. The summed E-state index contributed by atoms with van der Waals surface area (Å²) >= 11 is 1.68. The molecule has 0 radical (unpaired) electrons. The Morgan fingerprint density at radius 3 is 2.68 bits per heavy atom. The van der Waals surface area contributed by atoms with Gasteiger partial charge in [-0.05, 0) is 43.7 Å². The van der Waals surface area contributed by atoms with Crippen molar-refractivity contribution in [2.75, 3.05) is 19.7 Å². The number of esters is 1. The molecular formula is C22H28N2O3S. The van der Waals surface area contributed by atoms with Gasteiger partial charge in [-0.3, -0.25) is 9.59 Å². The number of benzene rings is 1. The zero-order chi connectivity index (χ0) is 19.5. The van der Waals surface area contributed by atoms with Gasteiger partial charge in [0.2, 0.25) is 0 Å². The Hall–Kier alpha value is -1.95. The van der Waals surface area contributed by atoms with Crippen molar-refractivity contribution in [3.8, 4) is 0 Å². The average Bonchev–Trinajstić information content (AvgIpc) is 3.16. The van der Waals surface area contributed by atoms with Crippen molar-refractivity contribution in [1.29, 1.82) is 0 Å². The number of carbonyl (C=O) groups excluding carboxylic acids is 2. The van der Waals surface area contributed by atoms with Crippen molar-refractivity contribution in [1.82, 2.24) is 9.88 Å². The maximum absolute atomic E-state index is 12.8. The normalized spacial score (nSPS) is 23.7. The Labute approximate surface area is 170 Å². The van der Waals surface area contributed by atoms with Crippen molar-refractivity contribution in [3.63, 3.8) is 0 Å². The predicted octanol–water partition coefficient (Wildman–Crippen LogP) is 4.37. The largest absolute Gasteiger partial charge is 0.455 e. The van der Waals surface area contributed by atoms with E-state index in [0.29, 0.717) is 5.92 Å². The van der Waals surface area contributed by atoms with Gasteiger partial charge in [0, 0.05) is 19.0 Å². The van der Waals surface area contributed by atoms with Gasteiger partial charge in [0.15, 0.2) is 6.61 Å². The van der Waals surface area contributed by atoms with Crippen LogP contribution >= 0.6 is 11.3 Å². The first kappa shape index (κ1) is 19.4. The van der Waals surface area contributed by atoms with E-state index in [0.717, 1.165) is 66.8 Å². The lowest BCUT2D eigenvalue weighted by Crippen LogP contribution is -2.41. The lowest BCUT2D eigenvalue weighted by Gasteiger charge is -2.31. The summed E-state index contributed by atoms with van der Waals surface area (Å²) in [6.07, 6.45) is 5.96. The number of fused-ring (bicyclic) bond motifs is 1. The monoisotopic (exact) mass is 400 g/mol. The molecule has 1 aliphatic heterocycles. The van der Waals surface area contributed by atoms with Gasteiger partial charge in [-0.15, -0.1) is 11.3 Å². The number of ether oxygens (including phenoxy) is 1. The van der Waals surface area contributed by atoms with E-state index < -0.39 is 0 Å². The molecule has 1 amide bonds. The quantitative estimate of drug-likeness (QED) is 0.715. The van der Waals surface area contributed by atoms with Crippen LogP contribution in [0.25, 0.3) is 10.2 Å². The highest BCUT2D eigenvalue weighted by Gasteiger charge is 2.35. The van der Waals surface area contributed by atoms with Crippen molar-refractivity contribution in [3.05, 3.63) is 29.3 Å². The average molecular weight is 401 g/mol. The standard InChI is InChI=1S/C22H28N2O3S/c1-15-10-12-24(13-11-15)20(25)14-27-22(26)17-7-3-2-6-16(17)21-23-18-8-4-5-9-19(18)28-21/h4-5,8-9,15-17H,2-3,6-7,10-14H2,1H3. The second-order valence-electron chi connectivity index (χ2n) is 8.19. The summed E-state index contributed by atoms with van der Waals surface area (Å²) in [7, 11) is 0. The summed E-state index contributed by atoms with van der Waals surface area (Å²) in [6.45, 7) is 3.63. The number of likely N-dealkylation sites (tertiary alicyclic amines) is 1. The second-order valence-corrected chi connectivity index (χ2v) is 9.25. The van der Waals surface area contributed by atoms with Gasteiger partial charge in [-0.2, -0.15) is 0 Å². The zero-order valence-corrected chi connectivity index (χ0v) is 17.2. The molecule has 2 aliphatic rings. The molecule has 1 saturated carbocycles. The van der Waals surface area contributed by atoms with Gasteiger partial charge in [-0.1, -0.05) is 31.9 Å². The fraction of sp³-hybridized carbons (Fsp3) is 0.591. The van der Waals surface area contributed by atoms with Gasteiger partial charge in [-0.25, -0.2) is 4.98 Å². The van der Waals surface area contributed by atoms with E-state index in [1.807, 2.05) is 23.1 Å². The minimum absolute atomic E-state index is 0.0624. The minimum Gasteiger partial charge on any atom is -0.455 e. The number of nitrogens with zero attached hydrogens (tertiary/aromatic N) is 2. The Kier molecular flexibility index (Phi) is 5.95. The van der Waals surface area contributed by atoms with Gasteiger partial charge >= 0.3 is 5.97 Å². The Bertz CT molecular complexity index is 808. The van der Waals surface area contributed by atoms with Gasteiger partial charge in [0.1, 0.15) is 0 Å². The number of aromatic nitrogens is 1. The second kappa shape index (κ2) is 8.60. The van der Waals surface area contributed by atoms with Crippen LogP contribution in [-0.2, 0) is 14.3 Å². The van der Waals surface area contributed by atoms with Crippen LogP contribution in [-0.4, -0.2) is 41.5 Å². The number of thiazole rings is 1. The molecule has 2 aromatic rings. The minimum atomic E-state index is -0.234. The van der Waals surface area contributed by atoms with Gasteiger partial charge in [0.05, 0.1) is 21.1 Å². The Morgan fingerprint density at radius 2 is 1.89 bits per heavy atom.